The second kappa shape index (κ2) is 5.45. The van der Waals surface area contributed by atoms with Crippen molar-refractivity contribution in [3.8, 4) is 0 Å². The van der Waals surface area contributed by atoms with Gasteiger partial charge in [0, 0.05) is 18.6 Å². The number of nitrogens with zero attached hydrogens (tertiary/aromatic N) is 3. The van der Waals surface area contributed by atoms with Crippen LogP contribution in [0.2, 0.25) is 0 Å². The van der Waals surface area contributed by atoms with Crippen molar-refractivity contribution in [3.05, 3.63) is 48.8 Å². The van der Waals surface area contributed by atoms with Crippen LogP contribution in [-0.4, -0.2) is 14.9 Å². The van der Waals surface area contributed by atoms with Gasteiger partial charge in [0.1, 0.15) is 0 Å². The summed E-state index contributed by atoms with van der Waals surface area (Å²) in [5.74, 6) is 0. The minimum Gasteiger partial charge on any atom is -0.344 e. The third kappa shape index (κ3) is 2.69. The maximum absolute atomic E-state index is 4.19. The van der Waals surface area contributed by atoms with Crippen molar-refractivity contribution >= 4 is 0 Å². The molecule has 0 saturated heterocycles. The van der Waals surface area contributed by atoms with Gasteiger partial charge in [-0.25, -0.2) is 9.97 Å². The molecule has 0 atom stereocenters. The minimum absolute atomic E-state index is 0.210. The molecule has 0 bridgehead atoms. The van der Waals surface area contributed by atoms with Gasteiger partial charge < -0.3 is 4.90 Å². The zero-order valence-electron chi connectivity index (χ0n) is 10.3. The van der Waals surface area contributed by atoms with Crippen molar-refractivity contribution in [1.29, 1.82) is 0 Å². The number of hydrogen-bond donors (Lipinski definition) is 0. The summed E-state index contributed by atoms with van der Waals surface area (Å²) in [7, 11) is 0. The van der Waals surface area contributed by atoms with Crippen LogP contribution < -0.4 is 0 Å². The Labute approximate surface area is 97.5 Å². The Bertz CT molecular complexity index is 354. The highest BCUT2D eigenvalue weighted by Gasteiger charge is 2.26. The van der Waals surface area contributed by atoms with Gasteiger partial charge in [-0.3, -0.25) is 0 Å². The minimum atomic E-state index is -0.210. The predicted molar refractivity (Wildman–Crippen MR) is 65.4 cm³/mol. The summed E-state index contributed by atoms with van der Waals surface area (Å²) in [6.07, 6.45) is 12.4. The maximum atomic E-state index is 4.19. The van der Waals surface area contributed by atoms with Crippen LogP contribution in [0.3, 0.4) is 0 Å². The molecule has 0 aliphatic heterocycles. The third-order valence-corrected chi connectivity index (χ3v) is 2.43. The first-order chi connectivity index (χ1) is 7.62. The van der Waals surface area contributed by atoms with E-state index in [1.165, 1.54) is 0 Å². The molecule has 0 unspecified atom stereocenters. The molecule has 16 heavy (non-hydrogen) atoms. The Morgan fingerprint density at radius 1 is 1.25 bits per heavy atom. The number of hydrogen-bond acceptors (Lipinski definition) is 3. The van der Waals surface area contributed by atoms with E-state index in [9.17, 15) is 0 Å². The van der Waals surface area contributed by atoms with Gasteiger partial charge in [0.05, 0.1) is 11.2 Å². The molecule has 0 fully saturated rings. The van der Waals surface area contributed by atoms with Gasteiger partial charge in [0.25, 0.3) is 0 Å². The molecule has 0 amide bonds. The summed E-state index contributed by atoms with van der Waals surface area (Å²) in [6, 6.07) is 1.91. The normalized spacial score (nSPS) is 12.5. The molecule has 1 radical (unpaired) electrons. The highest BCUT2D eigenvalue weighted by atomic mass is 15.2. The zero-order valence-corrected chi connectivity index (χ0v) is 10.3. The Kier molecular flexibility index (Phi) is 4.23. The van der Waals surface area contributed by atoms with Gasteiger partial charge in [-0.1, -0.05) is 12.2 Å². The lowest BCUT2D eigenvalue weighted by atomic mass is 9.98. The zero-order chi connectivity index (χ0) is 12.0. The molecule has 3 nitrogen and oxygen atoms in total. The first-order valence-corrected chi connectivity index (χ1v) is 5.36. The van der Waals surface area contributed by atoms with Gasteiger partial charge in [-0.2, -0.15) is 0 Å². The summed E-state index contributed by atoms with van der Waals surface area (Å²) in [5, 5.41) is 0. The van der Waals surface area contributed by atoms with Crippen LogP contribution in [-0.2, 0) is 5.54 Å². The Morgan fingerprint density at radius 3 is 2.31 bits per heavy atom. The second-order valence-corrected chi connectivity index (χ2v) is 3.97. The van der Waals surface area contributed by atoms with Crippen LogP contribution in [0, 0.1) is 6.33 Å². The fourth-order valence-corrected chi connectivity index (χ4v) is 1.48. The summed E-state index contributed by atoms with van der Waals surface area (Å²) in [6.45, 7) is 8.23. The summed E-state index contributed by atoms with van der Waals surface area (Å²) in [5.41, 5.74) is 0.733. The van der Waals surface area contributed by atoms with E-state index < -0.39 is 0 Å². The number of rotatable bonds is 4. The molecule has 0 spiro atoms. The largest absolute Gasteiger partial charge is 0.344 e. The molecular weight excluding hydrogens is 198 g/mol. The molecule has 85 valence electrons. The van der Waals surface area contributed by atoms with Gasteiger partial charge in [-0.15, -0.1) is 0 Å². The lowest BCUT2D eigenvalue weighted by Crippen LogP contribution is -2.34. The van der Waals surface area contributed by atoms with Crippen molar-refractivity contribution in [2.45, 2.75) is 33.2 Å². The second-order valence-electron chi connectivity index (χ2n) is 3.97. The lowest BCUT2D eigenvalue weighted by molar-refractivity contribution is 0.249. The van der Waals surface area contributed by atoms with E-state index in [1.54, 1.807) is 6.20 Å². The molecule has 1 rings (SSSR count). The molecule has 0 aliphatic rings. The van der Waals surface area contributed by atoms with E-state index in [0.717, 1.165) is 5.69 Å². The predicted octanol–water partition coefficient (Wildman–Crippen LogP) is 2.88. The van der Waals surface area contributed by atoms with Gasteiger partial charge >= 0.3 is 0 Å². The van der Waals surface area contributed by atoms with Crippen molar-refractivity contribution < 1.29 is 0 Å². The molecular formula is C13H18N3. The van der Waals surface area contributed by atoms with Crippen LogP contribution >= 0.6 is 0 Å². The number of allylic oxidation sites excluding steroid dienone is 2. The average Bonchev–Trinajstić information content (AvgIpc) is 2.30. The molecule has 3 heteroatoms. The van der Waals surface area contributed by atoms with Crippen LogP contribution in [0.1, 0.15) is 33.4 Å². The molecule has 1 heterocycles. The van der Waals surface area contributed by atoms with E-state index in [1.807, 2.05) is 44.5 Å². The van der Waals surface area contributed by atoms with Crippen molar-refractivity contribution in [1.82, 2.24) is 14.9 Å². The van der Waals surface area contributed by atoms with Crippen molar-refractivity contribution in [3.63, 3.8) is 0 Å². The Morgan fingerprint density at radius 2 is 1.88 bits per heavy atom. The molecule has 1 aromatic heterocycles. The van der Waals surface area contributed by atoms with Crippen LogP contribution in [0.4, 0.5) is 0 Å². The van der Waals surface area contributed by atoms with Crippen molar-refractivity contribution in [2.24, 2.45) is 0 Å². The quantitative estimate of drug-likeness (QED) is 0.775. The van der Waals surface area contributed by atoms with E-state index in [-0.39, 0.29) is 5.54 Å². The van der Waals surface area contributed by atoms with E-state index in [4.69, 9.17) is 0 Å². The maximum Gasteiger partial charge on any atom is 0.198 e. The summed E-state index contributed by atoms with van der Waals surface area (Å²) in [4.78, 5) is 10.1. The summed E-state index contributed by atoms with van der Waals surface area (Å²) >= 11 is 0. The molecule has 0 aliphatic carbocycles. The molecule has 0 N–H and O–H groups in total. The van der Waals surface area contributed by atoms with Gasteiger partial charge in [0.15, 0.2) is 6.33 Å². The van der Waals surface area contributed by atoms with Crippen LogP contribution in [0.25, 0.3) is 0 Å². The Balaban J connectivity index is 3.07. The number of aromatic nitrogens is 2. The van der Waals surface area contributed by atoms with E-state index in [2.05, 4.69) is 35.0 Å². The molecule has 1 aromatic rings. The van der Waals surface area contributed by atoms with Gasteiger partial charge in [-0.05, 0) is 33.8 Å². The fourth-order valence-electron chi connectivity index (χ4n) is 1.48. The topological polar surface area (TPSA) is 29.0 Å². The average molecular weight is 216 g/mol. The first-order valence-electron chi connectivity index (χ1n) is 5.36. The van der Waals surface area contributed by atoms with E-state index in [0.29, 0.717) is 0 Å². The fraction of sp³-hybridized carbons (Fsp3) is 0.385. The highest BCUT2D eigenvalue weighted by molar-refractivity contribution is 5.14. The smallest absolute Gasteiger partial charge is 0.198 e. The standard InChI is InChI=1S/C13H18N3/c1-5-9-16(10-6-2)13(3,4)12-7-8-14-11-15-12/h5-10H,1-4H3/b9-5-,10-6-. The van der Waals surface area contributed by atoms with Gasteiger partial charge in [0.2, 0.25) is 0 Å². The SMILES string of the molecule is C/C=C\N(/C=C\C)C(C)(C)c1ccn[c]n1. The molecule has 0 saturated carbocycles. The monoisotopic (exact) mass is 216 g/mol. The van der Waals surface area contributed by atoms with Crippen molar-refractivity contribution in [2.75, 3.05) is 0 Å². The highest BCUT2D eigenvalue weighted by Crippen LogP contribution is 2.26. The van der Waals surface area contributed by atoms with Crippen LogP contribution in [0.5, 0.6) is 0 Å². The lowest BCUT2D eigenvalue weighted by Gasteiger charge is -2.34. The van der Waals surface area contributed by atoms with Crippen LogP contribution in [0.15, 0.2) is 36.8 Å². The Hall–Kier alpha value is -1.64. The first kappa shape index (κ1) is 12.4. The summed E-state index contributed by atoms with van der Waals surface area (Å²) < 4.78 is 0. The molecule has 0 aromatic carbocycles. The van der Waals surface area contributed by atoms with E-state index >= 15 is 0 Å². The third-order valence-electron chi connectivity index (χ3n) is 2.43.